The third-order valence-corrected chi connectivity index (χ3v) is 1.98. The minimum Gasteiger partial charge on any atom is -0.377 e. The van der Waals surface area contributed by atoms with Gasteiger partial charge in [0.25, 0.3) is 0 Å². The van der Waals surface area contributed by atoms with Gasteiger partial charge >= 0.3 is 0 Å². The Morgan fingerprint density at radius 2 is 2.55 bits per heavy atom. The van der Waals surface area contributed by atoms with E-state index in [0.717, 1.165) is 19.7 Å². The number of nitrogens with one attached hydrogen (secondary N) is 1. The molecule has 66 valence electrons. The Balaban J connectivity index is 1.94. The molecule has 2 unspecified atom stereocenters. The van der Waals surface area contributed by atoms with Crippen LogP contribution < -0.4 is 5.32 Å². The van der Waals surface area contributed by atoms with Crippen LogP contribution in [0.3, 0.4) is 0 Å². The molecule has 0 aliphatic carbocycles. The fourth-order valence-corrected chi connectivity index (χ4v) is 1.36. The Hall–Kier alpha value is 0.210. The van der Waals surface area contributed by atoms with E-state index in [2.05, 4.69) is 5.32 Å². The summed E-state index contributed by atoms with van der Waals surface area (Å²) < 4.78 is 5.43. The normalized spacial score (nSPS) is 27.3. The van der Waals surface area contributed by atoms with Crippen LogP contribution in [0, 0.1) is 0 Å². The highest BCUT2D eigenvalue weighted by Gasteiger charge is 2.14. The average molecular weight is 178 g/mol. The molecule has 1 saturated heterocycles. The highest BCUT2D eigenvalue weighted by atomic mass is 35.5. The fraction of sp³-hybridized carbons (Fsp3) is 1.00. The minimum atomic E-state index is 0.219. The molecule has 0 aromatic carbocycles. The van der Waals surface area contributed by atoms with Crippen molar-refractivity contribution in [3.05, 3.63) is 0 Å². The fourth-order valence-electron chi connectivity index (χ4n) is 1.25. The van der Waals surface area contributed by atoms with Crippen molar-refractivity contribution in [2.24, 2.45) is 0 Å². The number of halogens is 1. The lowest BCUT2D eigenvalue weighted by atomic mass is 10.2. The van der Waals surface area contributed by atoms with E-state index in [1.54, 1.807) is 0 Å². The molecule has 0 aromatic heterocycles. The summed E-state index contributed by atoms with van der Waals surface area (Å²) in [5.74, 6) is 0. The van der Waals surface area contributed by atoms with E-state index in [4.69, 9.17) is 16.3 Å². The molecule has 2 atom stereocenters. The van der Waals surface area contributed by atoms with Crippen molar-refractivity contribution in [2.45, 2.75) is 31.2 Å². The average Bonchev–Trinajstić information content (AvgIpc) is 2.39. The van der Waals surface area contributed by atoms with Crippen LogP contribution >= 0.6 is 11.6 Å². The van der Waals surface area contributed by atoms with Crippen molar-refractivity contribution < 1.29 is 4.74 Å². The van der Waals surface area contributed by atoms with Gasteiger partial charge in [-0.1, -0.05) is 0 Å². The Labute approximate surface area is 73.3 Å². The second-order valence-corrected chi connectivity index (χ2v) is 3.82. The smallest absolute Gasteiger partial charge is 0.0700 e. The lowest BCUT2D eigenvalue weighted by Gasteiger charge is -2.10. The Morgan fingerprint density at radius 1 is 1.73 bits per heavy atom. The summed E-state index contributed by atoms with van der Waals surface area (Å²) >= 11 is 5.76. The van der Waals surface area contributed by atoms with Crippen molar-refractivity contribution in [3.8, 4) is 0 Å². The molecule has 1 fully saturated rings. The van der Waals surface area contributed by atoms with E-state index in [-0.39, 0.29) is 5.38 Å². The van der Waals surface area contributed by atoms with E-state index in [0.29, 0.717) is 6.10 Å². The first-order valence-corrected chi connectivity index (χ1v) is 4.69. The van der Waals surface area contributed by atoms with Gasteiger partial charge in [0.05, 0.1) is 6.10 Å². The van der Waals surface area contributed by atoms with Crippen LogP contribution in [-0.2, 0) is 4.74 Å². The molecule has 0 aromatic rings. The van der Waals surface area contributed by atoms with Crippen molar-refractivity contribution in [2.75, 3.05) is 19.7 Å². The zero-order chi connectivity index (χ0) is 8.10. The van der Waals surface area contributed by atoms with Gasteiger partial charge in [0.1, 0.15) is 0 Å². The zero-order valence-corrected chi connectivity index (χ0v) is 7.73. The second-order valence-electron chi connectivity index (χ2n) is 3.07. The van der Waals surface area contributed by atoms with Gasteiger partial charge in [0, 0.05) is 25.1 Å². The molecular formula is C8H16ClNO. The maximum atomic E-state index is 5.76. The molecule has 0 radical (unpaired) electrons. The Kier molecular flexibility index (Phi) is 4.20. The lowest BCUT2D eigenvalue weighted by Crippen LogP contribution is -2.30. The first-order chi connectivity index (χ1) is 5.29. The zero-order valence-electron chi connectivity index (χ0n) is 6.98. The largest absolute Gasteiger partial charge is 0.377 e. The molecule has 0 bridgehead atoms. The minimum absolute atomic E-state index is 0.219. The summed E-state index contributed by atoms with van der Waals surface area (Å²) in [4.78, 5) is 0. The third-order valence-electron chi connectivity index (χ3n) is 1.82. The molecule has 1 heterocycles. The molecule has 1 aliphatic rings. The molecular weight excluding hydrogens is 162 g/mol. The molecule has 1 aliphatic heterocycles. The number of ether oxygens (including phenoxy) is 1. The lowest BCUT2D eigenvalue weighted by molar-refractivity contribution is 0.110. The maximum absolute atomic E-state index is 5.76. The molecule has 1 rings (SSSR count). The number of hydrogen-bond donors (Lipinski definition) is 1. The van der Waals surface area contributed by atoms with Gasteiger partial charge in [-0.2, -0.15) is 0 Å². The van der Waals surface area contributed by atoms with Crippen molar-refractivity contribution in [1.82, 2.24) is 5.32 Å². The summed E-state index contributed by atoms with van der Waals surface area (Å²) in [6.45, 7) is 4.76. The van der Waals surface area contributed by atoms with Crippen molar-refractivity contribution in [1.29, 1.82) is 0 Å². The van der Waals surface area contributed by atoms with Crippen LogP contribution in [-0.4, -0.2) is 31.2 Å². The molecule has 3 heteroatoms. The van der Waals surface area contributed by atoms with Gasteiger partial charge in [0.15, 0.2) is 0 Å². The highest BCUT2D eigenvalue weighted by Crippen LogP contribution is 2.10. The Bertz CT molecular complexity index is 102. The summed E-state index contributed by atoms with van der Waals surface area (Å²) in [7, 11) is 0. The number of rotatable bonds is 4. The van der Waals surface area contributed by atoms with Gasteiger partial charge in [-0.15, -0.1) is 11.6 Å². The van der Waals surface area contributed by atoms with E-state index in [1.165, 1.54) is 12.8 Å². The SMILES string of the molecule is CC(Cl)CNCC1CCCO1. The molecule has 0 saturated carbocycles. The highest BCUT2D eigenvalue weighted by molar-refractivity contribution is 6.20. The van der Waals surface area contributed by atoms with Crippen molar-refractivity contribution >= 4 is 11.6 Å². The number of hydrogen-bond acceptors (Lipinski definition) is 2. The van der Waals surface area contributed by atoms with E-state index in [1.807, 2.05) is 6.92 Å². The first kappa shape index (κ1) is 9.30. The quantitative estimate of drug-likeness (QED) is 0.656. The van der Waals surface area contributed by atoms with Gasteiger partial charge in [-0.25, -0.2) is 0 Å². The predicted molar refractivity (Wildman–Crippen MR) is 47.2 cm³/mol. The van der Waals surface area contributed by atoms with E-state index >= 15 is 0 Å². The summed E-state index contributed by atoms with van der Waals surface area (Å²) in [5.41, 5.74) is 0. The summed E-state index contributed by atoms with van der Waals surface area (Å²) in [6, 6.07) is 0. The van der Waals surface area contributed by atoms with Crippen LogP contribution in [0.4, 0.5) is 0 Å². The van der Waals surface area contributed by atoms with Gasteiger partial charge in [-0.3, -0.25) is 0 Å². The molecule has 0 spiro atoms. The molecule has 1 N–H and O–H groups in total. The molecule has 11 heavy (non-hydrogen) atoms. The van der Waals surface area contributed by atoms with Crippen LogP contribution in [0.25, 0.3) is 0 Å². The maximum Gasteiger partial charge on any atom is 0.0700 e. The molecule has 0 amide bonds. The summed E-state index contributed by atoms with van der Waals surface area (Å²) in [5, 5.41) is 3.49. The van der Waals surface area contributed by atoms with E-state index in [9.17, 15) is 0 Å². The first-order valence-electron chi connectivity index (χ1n) is 4.25. The van der Waals surface area contributed by atoms with Crippen LogP contribution in [0.15, 0.2) is 0 Å². The third kappa shape index (κ3) is 3.94. The van der Waals surface area contributed by atoms with Crippen molar-refractivity contribution in [3.63, 3.8) is 0 Å². The van der Waals surface area contributed by atoms with Crippen LogP contribution in [0.1, 0.15) is 19.8 Å². The van der Waals surface area contributed by atoms with Crippen LogP contribution in [0.5, 0.6) is 0 Å². The second kappa shape index (κ2) is 4.96. The Morgan fingerprint density at radius 3 is 3.09 bits per heavy atom. The number of alkyl halides is 1. The van der Waals surface area contributed by atoms with Gasteiger partial charge in [-0.05, 0) is 19.8 Å². The molecule has 2 nitrogen and oxygen atoms in total. The standard InChI is InChI=1S/C8H16ClNO/c1-7(9)5-10-6-8-3-2-4-11-8/h7-8,10H,2-6H2,1H3. The van der Waals surface area contributed by atoms with E-state index < -0.39 is 0 Å². The van der Waals surface area contributed by atoms with Crippen LogP contribution in [0.2, 0.25) is 0 Å². The van der Waals surface area contributed by atoms with Gasteiger partial charge < -0.3 is 10.1 Å². The van der Waals surface area contributed by atoms with Gasteiger partial charge in [0.2, 0.25) is 0 Å². The summed E-state index contributed by atoms with van der Waals surface area (Å²) in [6.07, 6.45) is 2.84. The topological polar surface area (TPSA) is 21.3 Å². The predicted octanol–water partition coefficient (Wildman–Crippen LogP) is 1.38. The monoisotopic (exact) mass is 177 g/mol.